The Hall–Kier alpha value is -3.49. The molecule has 9 heteroatoms. The monoisotopic (exact) mass is 370 g/mol. The van der Waals surface area contributed by atoms with Crippen LogP contribution in [0.3, 0.4) is 0 Å². The van der Waals surface area contributed by atoms with Gasteiger partial charge in [-0.2, -0.15) is 10.1 Å². The van der Waals surface area contributed by atoms with Gasteiger partial charge in [0.15, 0.2) is 11.2 Å². The van der Waals surface area contributed by atoms with Crippen molar-refractivity contribution in [2.75, 3.05) is 5.43 Å². The van der Waals surface area contributed by atoms with E-state index in [1.54, 1.807) is 23.7 Å². The number of nitrogens with one attached hydrogen (secondary N) is 1. The Morgan fingerprint density at radius 3 is 2.56 bits per heavy atom. The average Bonchev–Trinajstić information content (AvgIpc) is 2.98. The lowest BCUT2D eigenvalue weighted by atomic mass is 10.2. The molecule has 0 aliphatic rings. The summed E-state index contributed by atoms with van der Waals surface area (Å²) in [5.74, 6) is -0.0372. The number of hydrogen-bond acceptors (Lipinski definition) is 5. The molecule has 0 aliphatic heterocycles. The quantitative estimate of drug-likeness (QED) is 0.420. The van der Waals surface area contributed by atoms with Crippen LogP contribution in [0.1, 0.15) is 12.5 Å². The molecule has 0 saturated carbocycles. The molecule has 0 bridgehead atoms. The summed E-state index contributed by atoms with van der Waals surface area (Å²) in [7, 11) is 2.97. The number of aromatic nitrogens is 4. The third-order valence-electron chi connectivity index (χ3n) is 4.02. The Balaban J connectivity index is 2.09. The summed E-state index contributed by atoms with van der Waals surface area (Å²) in [5.41, 5.74) is 3.90. The fourth-order valence-corrected chi connectivity index (χ4v) is 2.67. The first kappa shape index (κ1) is 18.3. The molecule has 0 aliphatic carbocycles. The topological polar surface area (TPSA) is 86.2 Å². The van der Waals surface area contributed by atoms with Crippen molar-refractivity contribution in [1.82, 2.24) is 18.7 Å². The van der Waals surface area contributed by atoms with E-state index < -0.39 is 11.2 Å². The lowest BCUT2D eigenvalue weighted by Gasteiger charge is -2.08. The van der Waals surface area contributed by atoms with Crippen LogP contribution in [-0.4, -0.2) is 24.9 Å². The van der Waals surface area contributed by atoms with Gasteiger partial charge >= 0.3 is 5.69 Å². The van der Waals surface area contributed by atoms with Crippen molar-refractivity contribution < 1.29 is 4.39 Å². The van der Waals surface area contributed by atoms with Crippen molar-refractivity contribution in [3.63, 3.8) is 0 Å². The zero-order valence-corrected chi connectivity index (χ0v) is 15.2. The molecule has 27 heavy (non-hydrogen) atoms. The van der Waals surface area contributed by atoms with Crippen molar-refractivity contribution >= 4 is 23.3 Å². The number of benzene rings is 1. The van der Waals surface area contributed by atoms with E-state index in [4.69, 9.17) is 0 Å². The van der Waals surface area contributed by atoms with Gasteiger partial charge in [0.1, 0.15) is 5.82 Å². The molecule has 140 valence electrons. The van der Waals surface area contributed by atoms with Gasteiger partial charge in [-0.15, -0.1) is 0 Å². The Bertz CT molecular complexity index is 1170. The van der Waals surface area contributed by atoms with Crippen LogP contribution in [0, 0.1) is 5.82 Å². The minimum Gasteiger partial charge on any atom is -0.299 e. The number of anilines is 1. The number of hydrazone groups is 1. The van der Waals surface area contributed by atoms with E-state index in [0.29, 0.717) is 18.1 Å². The van der Waals surface area contributed by atoms with Gasteiger partial charge in [0.05, 0.1) is 6.21 Å². The number of rotatable bonds is 5. The maximum atomic E-state index is 13.0. The van der Waals surface area contributed by atoms with Gasteiger partial charge in [-0.05, 0) is 24.6 Å². The largest absolute Gasteiger partial charge is 0.332 e. The molecule has 0 saturated heterocycles. The Kier molecular flexibility index (Phi) is 4.76. The van der Waals surface area contributed by atoms with Crippen molar-refractivity contribution in [2.24, 2.45) is 19.2 Å². The average molecular weight is 370 g/mol. The van der Waals surface area contributed by atoms with Crippen LogP contribution in [-0.2, 0) is 20.6 Å². The molecule has 8 nitrogen and oxygen atoms in total. The predicted octanol–water partition coefficient (Wildman–Crippen LogP) is 1.59. The molecule has 0 radical (unpaired) electrons. The number of imidazole rings is 1. The van der Waals surface area contributed by atoms with Gasteiger partial charge in [-0.25, -0.2) is 14.6 Å². The van der Waals surface area contributed by atoms with E-state index in [9.17, 15) is 14.0 Å². The second-order valence-electron chi connectivity index (χ2n) is 6.28. The van der Waals surface area contributed by atoms with Crippen molar-refractivity contribution in [1.29, 1.82) is 0 Å². The predicted molar refractivity (Wildman–Crippen MR) is 103 cm³/mol. The molecule has 0 spiro atoms. The molecule has 2 heterocycles. The zero-order valence-electron chi connectivity index (χ0n) is 15.2. The maximum absolute atomic E-state index is 13.0. The van der Waals surface area contributed by atoms with Gasteiger partial charge in [0, 0.05) is 20.6 Å². The summed E-state index contributed by atoms with van der Waals surface area (Å²) in [6, 6.07) is 5.82. The number of nitrogens with zero attached hydrogens (tertiary/aromatic N) is 5. The van der Waals surface area contributed by atoms with Gasteiger partial charge in [-0.1, -0.05) is 24.3 Å². The summed E-state index contributed by atoms with van der Waals surface area (Å²) in [6.45, 7) is 6.03. The van der Waals surface area contributed by atoms with E-state index in [1.165, 1.54) is 30.0 Å². The van der Waals surface area contributed by atoms with Gasteiger partial charge in [0.25, 0.3) is 5.56 Å². The minimum atomic E-state index is -0.464. The molecule has 1 N–H and O–H groups in total. The van der Waals surface area contributed by atoms with Crippen LogP contribution in [0.4, 0.5) is 10.3 Å². The first-order valence-electron chi connectivity index (χ1n) is 8.15. The molecule has 3 rings (SSSR count). The highest BCUT2D eigenvalue weighted by molar-refractivity contribution is 5.80. The zero-order chi connectivity index (χ0) is 19.7. The van der Waals surface area contributed by atoms with Crippen LogP contribution >= 0.6 is 0 Å². The normalized spacial score (nSPS) is 11.4. The van der Waals surface area contributed by atoms with Gasteiger partial charge in [-0.3, -0.25) is 18.5 Å². The molecule has 0 atom stereocenters. The SMILES string of the molecule is C=C(C)Cn1c(N/N=C\c2ccc(F)cc2)nc2c1c(=O)n(C)c(=O)n2C. The van der Waals surface area contributed by atoms with Gasteiger partial charge in [0.2, 0.25) is 5.95 Å². The molecule has 1 aromatic carbocycles. The van der Waals surface area contributed by atoms with Crippen LogP contribution in [0.5, 0.6) is 0 Å². The Labute approximate surface area is 153 Å². The highest BCUT2D eigenvalue weighted by Crippen LogP contribution is 2.17. The first-order chi connectivity index (χ1) is 12.8. The van der Waals surface area contributed by atoms with Crippen LogP contribution < -0.4 is 16.7 Å². The number of halogens is 1. The van der Waals surface area contributed by atoms with Crippen molar-refractivity contribution in [3.8, 4) is 0 Å². The van der Waals surface area contributed by atoms with Gasteiger partial charge < -0.3 is 0 Å². The smallest absolute Gasteiger partial charge is 0.299 e. The summed E-state index contributed by atoms with van der Waals surface area (Å²) in [5, 5.41) is 4.10. The third-order valence-corrected chi connectivity index (χ3v) is 4.02. The fourth-order valence-electron chi connectivity index (χ4n) is 2.67. The standard InChI is InChI=1S/C18H19FN6O2/c1-11(2)10-25-14-15(23(3)18(27)24(4)16(14)26)21-17(25)22-20-9-12-5-7-13(19)8-6-12/h5-9H,1,10H2,2-4H3,(H,21,22)/b20-9-. The first-order valence-corrected chi connectivity index (χ1v) is 8.15. The minimum absolute atomic E-state index is 0.254. The lowest BCUT2D eigenvalue weighted by Crippen LogP contribution is -2.37. The second-order valence-corrected chi connectivity index (χ2v) is 6.28. The summed E-state index contributed by atoms with van der Waals surface area (Å²) in [6.07, 6.45) is 1.50. The van der Waals surface area contributed by atoms with Crippen LogP contribution in [0.2, 0.25) is 0 Å². The number of allylic oxidation sites excluding steroid dienone is 1. The third kappa shape index (κ3) is 3.43. The van der Waals surface area contributed by atoms with Crippen molar-refractivity contribution in [2.45, 2.75) is 13.5 Å². The van der Waals surface area contributed by atoms with E-state index in [1.807, 2.05) is 6.92 Å². The molecule has 2 aromatic heterocycles. The van der Waals surface area contributed by atoms with E-state index in [2.05, 4.69) is 22.1 Å². The second kappa shape index (κ2) is 7.02. The summed E-state index contributed by atoms with van der Waals surface area (Å²) in [4.78, 5) is 29.1. The highest BCUT2D eigenvalue weighted by atomic mass is 19.1. The molecule has 3 aromatic rings. The molecule has 0 unspecified atom stereocenters. The highest BCUT2D eigenvalue weighted by Gasteiger charge is 2.18. The number of hydrogen-bond donors (Lipinski definition) is 1. The lowest BCUT2D eigenvalue weighted by molar-refractivity contribution is 0.628. The van der Waals surface area contributed by atoms with Crippen LogP contribution in [0.25, 0.3) is 11.2 Å². The summed E-state index contributed by atoms with van der Waals surface area (Å²) >= 11 is 0. The van der Waals surface area contributed by atoms with E-state index in [-0.39, 0.29) is 17.0 Å². The Morgan fingerprint density at radius 1 is 1.26 bits per heavy atom. The van der Waals surface area contributed by atoms with Crippen LogP contribution in [0.15, 0.2) is 51.1 Å². The Morgan fingerprint density at radius 2 is 1.93 bits per heavy atom. The fraction of sp³-hybridized carbons (Fsp3) is 0.222. The number of fused-ring (bicyclic) bond motifs is 1. The maximum Gasteiger partial charge on any atom is 0.332 e. The van der Waals surface area contributed by atoms with E-state index >= 15 is 0 Å². The number of aryl methyl sites for hydroxylation is 1. The van der Waals surface area contributed by atoms with Crippen molar-refractivity contribution in [3.05, 3.63) is 68.6 Å². The van der Waals surface area contributed by atoms with E-state index in [0.717, 1.165) is 10.1 Å². The molecular weight excluding hydrogens is 351 g/mol. The molecule has 0 amide bonds. The molecule has 0 fully saturated rings. The summed E-state index contributed by atoms with van der Waals surface area (Å²) < 4.78 is 16.9. The molecular formula is C18H19FN6O2.